The summed E-state index contributed by atoms with van der Waals surface area (Å²) < 4.78 is 17.0. The van der Waals surface area contributed by atoms with Crippen LogP contribution in [0.2, 0.25) is 0 Å². The minimum absolute atomic E-state index is 0.150. The lowest BCUT2D eigenvalue weighted by molar-refractivity contribution is -0.135. The van der Waals surface area contributed by atoms with Gasteiger partial charge in [0.1, 0.15) is 5.71 Å². The van der Waals surface area contributed by atoms with E-state index in [-0.39, 0.29) is 12.3 Å². The van der Waals surface area contributed by atoms with Crippen molar-refractivity contribution < 1.29 is 18.8 Å². The van der Waals surface area contributed by atoms with Gasteiger partial charge in [0.2, 0.25) is 0 Å². The van der Waals surface area contributed by atoms with Gasteiger partial charge in [-0.15, -0.1) is 0 Å². The van der Waals surface area contributed by atoms with Crippen LogP contribution in [0.25, 0.3) is 0 Å². The maximum absolute atomic E-state index is 11.8. The van der Waals surface area contributed by atoms with Crippen LogP contribution in [0.1, 0.15) is 45.7 Å². The van der Waals surface area contributed by atoms with E-state index in [1.807, 2.05) is 46.8 Å². The minimum atomic E-state index is -0.623. The molecule has 0 amide bonds. The first-order valence-electron chi connectivity index (χ1n) is 7.81. The summed E-state index contributed by atoms with van der Waals surface area (Å²) in [5, 5.41) is 8.05. The number of benzene rings is 1. The first kappa shape index (κ1) is 17.7. The summed E-state index contributed by atoms with van der Waals surface area (Å²) in [5.41, 5.74) is 1.15. The molecule has 5 nitrogen and oxygen atoms in total. The van der Waals surface area contributed by atoms with Crippen LogP contribution in [-0.2, 0) is 18.8 Å². The van der Waals surface area contributed by atoms with Crippen LogP contribution in [0.3, 0.4) is 0 Å². The van der Waals surface area contributed by atoms with Crippen LogP contribution in [0.15, 0.2) is 18.2 Å². The predicted molar refractivity (Wildman–Crippen MR) is 90.4 cm³/mol. The third-order valence-corrected chi connectivity index (χ3v) is 4.54. The first-order chi connectivity index (χ1) is 10.6. The van der Waals surface area contributed by atoms with Gasteiger partial charge in [0.05, 0.1) is 17.8 Å². The van der Waals surface area contributed by atoms with Gasteiger partial charge in [0.15, 0.2) is 0 Å². The molecular formula is C17H24BNO4. The Morgan fingerprint density at radius 2 is 1.78 bits per heavy atom. The molecule has 0 atom stereocenters. The van der Waals surface area contributed by atoms with E-state index in [4.69, 9.17) is 19.5 Å². The highest BCUT2D eigenvalue weighted by atomic mass is 16.7. The Morgan fingerprint density at radius 1 is 1.22 bits per heavy atom. The fourth-order valence-electron chi connectivity index (χ4n) is 2.35. The lowest BCUT2D eigenvalue weighted by atomic mass is 9.77. The average Bonchev–Trinajstić information content (AvgIpc) is 2.67. The van der Waals surface area contributed by atoms with Crippen molar-refractivity contribution in [2.45, 2.75) is 52.7 Å². The number of carbonyl (C=O) groups is 1. The molecule has 1 fully saturated rings. The second-order valence-corrected chi connectivity index (χ2v) is 6.76. The largest absolute Gasteiger partial charge is 0.494 e. The molecule has 124 valence electrons. The van der Waals surface area contributed by atoms with Crippen LogP contribution < -0.4 is 5.46 Å². The number of aryl methyl sites for hydroxylation is 1. The molecular weight excluding hydrogens is 293 g/mol. The van der Waals surface area contributed by atoms with Crippen molar-refractivity contribution in [2.75, 3.05) is 6.61 Å². The Labute approximate surface area is 138 Å². The van der Waals surface area contributed by atoms with Crippen molar-refractivity contribution in [1.29, 1.82) is 5.41 Å². The van der Waals surface area contributed by atoms with Crippen LogP contribution in [-0.4, -0.2) is 36.6 Å². The topological polar surface area (TPSA) is 68.6 Å². The van der Waals surface area contributed by atoms with Crippen LogP contribution in [0, 0.1) is 12.3 Å². The molecule has 0 radical (unpaired) electrons. The summed E-state index contributed by atoms with van der Waals surface area (Å²) in [6, 6.07) is 5.54. The molecule has 1 saturated heterocycles. The van der Waals surface area contributed by atoms with Gasteiger partial charge in [-0.1, -0.05) is 18.2 Å². The second-order valence-electron chi connectivity index (χ2n) is 6.76. The molecule has 0 saturated carbocycles. The molecule has 23 heavy (non-hydrogen) atoms. The molecule has 0 aliphatic carbocycles. The van der Waals surface area contributed by atoms with Gasteiger partial charge in [-0.05, 0) is 52.6 Å². The van der Waals surface area contributed by atoms with Crippen molar-refractivity contribution in [3.8, 4) is 0 Å². The van der Waals surface area contributed by atoms with E-state index in [2.05, 4.69) is 0 Å². The maximum Gasteiger partial charge on any atom is 0.494 e. The molecule has 1 heterocycles. The molecule has 1 aliphatic rings. The predicted octanol–water partition coefficient (Wildman–Crippen LogP) is 2.23. The number of hydrogen-bond acceptors (Lipinski definition) is 5. The lowest BCUT2D eigenvalue weighted by Gasteiger charge is -2.32. The Morgan fingerprint density at radius 3 is 2.30 bits per heavy atom. The molecule has 1 N–H and O–H groups in total. The summed E-state index contributed by atoms with van der Waals surface area (Å²) in [4.78, 5) is 11.8. The fraction of sp³-hybridized carbons (Fsp3) is 0.529. The summed E-state index contributed by atoms with van der Waals surface area (Å²) in [7, 11) is -0.519. The molecule has 0 unspecified atom stereocenters. The molecule has 0 spiro atoms. The van der Waals surface area contributed by atoms with Crippen LogP contribution >= 0.6 is 0 Å². The molecule has 2 rings (SSSR count). The van der Waals surface area contributed by atoms with Crippen LogP contribution in [0.5, 0.6) is 0 Å². The number of carbonyl (C=O) groups excluding carboxylic acids is 1. The van der Waals surface area contributed by atoms with Gasteiger partial charge in [-0.25, -0.2) is 4.79 Å². The Balaban J connectivity index is 2.32. The van der Waals surface area contributed by atoms with Gasteiger partial charge in [-0.2, -0.15) is 0 Å². The average molecular weight is 317 g/mol. The molecule has 6 heteroatoms. The van der Waals surface area contributed by atoms with E-state index < -0.39 is 24.3 Å². The first-order valence-corrected chi connectivity index (χ1v) is 7.81. The third kappa shape index (κ3) is 3.33. The Hall–Kier alpha value is -1.66. The zero-order valence-electron chi connectivity index (χ0n) is 14.6. The number of esters is 1. The number of hydrogen-bond donors (Lipinski definition) is 1. The smallest absolute Gasteiger partial charge is 0.461 e. The fourth-order valence-corrected chi connectivity index (χ4v) is 2.35. The minimum Gasteiger partial charge on any atom is -0.461 e. The number of nitrogens with one attached hydrogen (secondary N) is 1. The molecule has 1 aromatic carbocycles. The van der Waals surface area contributed by atoms with E-state index in [1.54, 1.807) is 13.0 Å². The van der Waals surface area contributed by atoms with E-state index in [9.17, 15) is 4.79 Å². The highest BCUT2D eigenvalue weighted by molar-refractivity contribution is 6.62. The standard InChI is InChI=1S/C17H24BNO4/c1-7-21-15(20)14(19)13-10-12(9-8-11(13)2)18-22-16(3,4)17(5,6)23-18/h8-10,19H,7H2,1-6H3. The highest BCUT2D eigenvalue weighted by Gasteiger charge is 2.51. The third-order valence-electron chi connectivity index (χ3n) is 4.54. The normalized spacial score (nSPS) is 18.8. The van der Waals surface area contributed by atoms with Gasteiger partial charge >= 0.3 is 13.1 Å². The Bertz CT molecular complexity index is 623. The highest BCUT2D eigenvalue weighted by Crippen LogP contribution is 2.36. The molecule has 1 aromatic rings. The SMILES string of the molecule is CCOC(=O)C(=N)c1cc(B2OC(C)(C)C(C)(C)O2)ccc1C. The maximum atomic E-state index is 11.8. The summed E-state index contributed by atoms with van der Waals surface area (Å²) in [6.45, 7) is 11.8. The van der Waals surface area contributed by atoms with Crippen molar-refractivity contribution in [2.24, 2.45) is 0 Å². The molecule has 1 aliphatic heterocycles. The van der Waals surface area contributed by atoms with E-state index in [1.165, 1.54) is 0 Å². The lowest BCUT2D eigenvalue weighted by Crippen LogP contribution is -2.41. The van der Waals surface area contributed by atoms with Gasteiger partial charge < -0.3 is 14.0 Å². The summed E-state index contributed by atoms with van der Waals surface area (Å²) in [6.07, 6.45) is 0. The van der Waals surface area contributed by atoms with Gasteiger partial charge in [0.25, 0.3) is 0 Å². The van der Waals surface area contributed by atoms with E-state index >= 15 is 0 Å². The number of rotatable bonds is 4. The van der Waals surface area contributed by atoms with E-state index in [0.717, 1.165) is 11.0 Å². The summed E-state index contributed by atoms with van der Waals surface area (Å²) in [5.74, 6) is -0.623. The summed E-state index contributed by atoms with van der Waals surface area (Å²) >= 11 is 0. The molecule has 0 aromatic heterocycles. The Kier molecular flexibility index (Phi) is 4.69. The zero-order chi connectivity index (χ0) is 17.4. The van der Waals surface area contributed by atoms with Crippen LogP contribution in [0.4, 0.5) is 0 Å². The zero-order valence-corrected chi connectivity index (χ0v) is 14.6. The van der Waals surface area contributed by atoms with E-state index in [0.29, 0.717) is 5.56 Å². The monoisotopic (exact) mass is 317 g/mol. The molecule has 0 bridgehead atoms. The van der Waals surface area contributed by atoms with Gasteiger partial charge in [0, 0.05) is 5.56 Å². The quantitative estimate of drug-likeness (QED) is 0.525. The van der Waals surface area contributed by atoms with Crippen molar-refractivity contribution in [3.05, 3.63) is 29.3 Å². The second kappa shape index (κ2) is 6.09. The van der Waals surface area contributed by atoms with Crippen molar-refractivity contribution >= 4 is 24.3 Å². The van der Waals surface area contributed by atoms with Crippen molar-refractivity contribution in [1.82, 2.24) is 0 Å². The van der Waals surface area contributed by atoms with Gasteiger partial charge in [-0.3, -0.25) is 5.41 Å². The number of ether oxygens (including phenoxy) is 1. The van der Waals surface area contributed by atoms with Crippen molar-refractivity contribution in [3.63, 3.8) is 0 Å².